The average Bonchev–Trinajstić information content (AvgIpc) is 2.90. The maximum atomic E-state index is 12.8. The van der Waals surface area contributed by atoms with E-state index in [9.17, 15) is 14.7 Å². The van der Waals surface area contributed by atoms with E-state index >= 15 is 0 Å². The van der Waals surface area contributed by atoms with Gasteiger partial charge in [-0.3, -0.25) is 30.5 Å². The predicted octanol–water partition coefficient (Wildman–Crippen LogP) is 1.82. The molecule has 10 nitrogen and oxygen atoms in total. The number of hydrazine groups is 2. The molecular weight excluding hydrogens is 504 g/mol. The van der Waals surface area contributed by atoms with E-state index < -0.39 is 17.7 Å². The molecule has 2 amide bonds. The number of nitrogens with one attached hydrogen (secondary N) is 2. The fourth-order valence-corrected chi connectivity index (χ4v) is 3.52. The molecule has 0 heterocycles. The Balaban J connectivity index is 2.07. The van der Waals surface area contributed by atoms with E-state index in [-0.39, 0.29) is 16.6 Å². The average molecular weight is 535 g/mol. The van der Waals surface area contributed by atoms with E-state index in [0.29, 0.717) is 33.9 Å². The monoisotopic (exact) mass is 534 g/mol. The number of nitrogens with zero attached hydrogens (tertiary/aromatic N) is 2. The lowest BCUT2D eigenvalue weighted by Gasteiger charge is -2.26. The van der Waals surface area contributed by atoms with E-state index in [4.69, 9.17) is 38.6 Å². The Bertz CT molecular complexity index is 1060. The van der Waals surface area contributed by atoms with Crippen molar-refractivity contribution in [1.29, 1.82) is 0 Å². The summed E-state index contributed by atoms with van der Waals surface area (Å²) in [6.45, 7) is 1.28. The number of carbonyl (C=O) groups excluding carboxylic acids is 2. The van der Waals surface area contributed by atoms with Gasteiger partial charge in [0.2, 0.25) is 0 Å². The van der Waals surface area contributed by atoms with Gasteiger partial charge >= 0.3 is 0 Å². The first-order valence-electron chi connectivity index (χ1n) is 10.7. The van der Waals surface area contributed by atoms with Crippen LogP contribution < -0.4 is 25.1 Å². The van der Waals surface area contributed by atoms with Crippen LogP contribution >= 0.6 is 24.4 Å². The zero-order chi connectivity index (χ0) is 27.0. The Kier molecular flexibility index (Phi) is 10.4. The van der Waals surface area contributed by atoms with Gasteiger partial charge in [-0.1, -0.05) is 30.5 Å². The number of hydrogen-bond donors (Lipinski definition) is 3. The molecule has 3 N–H and O–H groups in total. The van der Waals surface area contributed by atoms with Crippen LogP contribution in [0.15, 0.2) is 36.4 Å². The maximum Gasteiger partial charge on any atom is 0.250 e. The molecule has 0 radical (unpaired) electrons. The zero-order valence-corrected chi connectivity index (χ0v) is 22.6. The first kappa shape index (κ1) is 28.8. The van der Waals surface area contributed by atoms with Crippen LogP contribution in [0.2, 0.25) is 0 Å². The number of ether oxygens (including phenoxy) is 3. The minimum atomic E-state index is -1.08. The first-order valence-corrected chi connectivity index (χ1v) is 11.6. The van der Waals surface area contributed by atoms with Gasteiger partial charge in [-0.25, -0.2) is 0 Å². The van der Waals surface area contributed by atoms with Crippen LogP contribution in [0.4, 0.5) is 0 Å². The van der Waals surface area contributed by atoms with Crippen LogP contribution in [0.3, 0.4) is 0 Å². The van der Waals surface area contributed by atoms with Crippen molar-refractivity contribution in [2.75, 3.05) is 35.4 Å². The van der Waals surface area contributed by atoms with Crippen molar-refractivity contribution in [3.05, 3.63) is 53.1 Å². The molecule has 0 saturated heterocycles. The summed E-state index contributed by atoms with van der Waals surface area (Å²) in [7, 11) is 7.64. The Morgan fingerprint density at radius 1 is 0.861 bits per heavy atom. The van der Waals surface area contributed by atoms with Crippen LogP contribution in [0.1, 0.15) is 23.6 Å². The molecule has 0 bridgehead atoms. The van der Waals surface area contributed by atoms with Gasteiger partial charge < -0.3 is 19.3 Å². The molecule has 0 saturated carbocycles. The number of benzene rings is 2. The smallest absolute Gasteiger partial charge is 0.250 e. The van der Waals surface area contributed by atoms with Gasteiger partial charge in [0.1, 0.15) is 33.1 Å². The number of aliphatic hydroxyl groups excluding tert-OH is 1. The van der Waals surface area contributed by atoms with Gasteiger partial charge in [-0.15, -0.1) is 0 Å². The SMILES string of the molecule is COc1ccc(OC)c(C(=S)N(C)NC(=O)C(C)C(=O)NN(C)C(=S)c2cc(CO)ccc2OC)c1. The van der Waals surface area contributed by atoms with Crippen LogP contribution in [0.25, 0.3) is 0 Å². The van der Waals surface area contributed by atoms with E-state index in [1.165, 1.54) is 38.3 Å². The van der Waals surface area contributed by atoms with Gasteiger partial charge in [0.05, 0.1) is 39.1 Å². The summed E-state index contributed by atoms with van der Waals surface area (Å²) in [5.41, 5.74) is 6.89. The lowest BCUT2D eigenvalue weighted by molar-refractivity contribution is -0.137. The molecule has 0 aliphatic heterocycles. The summed E-state index contributed by atoms with van der Waals surface area (Å²) in [4.78, 5) is 26.1. The molecule has 2 rings (SSSR count). The van der Waals surface area contributed by atoms with E-state index in [0.717, 1.165) is 0 Å². The highest BCUT2D eigenvalue weighted by Gasteiger charge is 2.26. The standard InChI is InChI=1S/C24H30N4O6S2/c1-14(21(30)25-27(2)23(35)17-11-15(13-29)7-9-19(17)33-5)22(31)26-28(3)24(36)18-12-16(32-4)8-10-20(18)34-6/h7-12,14,29H,13H2,1-6H3,(H,25,30)(H,26,31). The molecule has 0 aliphatic carbocycles. The second kappa shape index (κ2) is 13.0. The second-order valence-electron chi connectivity index (χ2n) is 7.66. The van der Waals surface area contributed by atoms with Crippen LogP contribution in [-0.4, -0.2) is 72.3 Å². The number of carbonyl (C=O) groups is 2. The second-order valence-corrected chi connectivity index (χ2v) is 8.43. The quantitative estimate of drug-likeness (QED) is 0.263. The van der Waals surface area contributed by atoms with Crippen molar-refractivity contribution < 1.29 is 28.9 Å². The summed E-state index contributed by atoms with van der Waals surface area (Å²) < 4.78 is 15.9. The third kappa shape index (κ3) is 6.80. The number of thiocarbonyl (C=S) groups is 2. The van der Waals surface area contributed by atoms with Crippen LogP contribution in [-0.2, 0) is 16.2 Å². The third-order valence-corrected chi connectivity index (χ3v) is 6.25. The highest BCUT2D eigenvalue weighted by atomic mass is 32.1. The van der Waals surface area contributed by atoms with Gasteiger partial charge in [0, 0.05) is 14.1 Å². The number of amides is 2. The summed E-state index contributed by atoms with van der Waals surface area (Å²) in [6, 6.07) is 10.2. The largest absolute Gasteiger partial charge is 0.497 e. The lowest BCUT2D eigenvalue weighted by Crippen LogP contribution is -2.51. The molecule has 2 aromatic rings. The highest BCUT2D eigenvalue weighted by Crippen LogP contribution is 2.25. The molecule has 12 heteroatoms. The number of methoxy groups -OCH3 is 3. The summed E-state index contributed by atoms with van der Waals surface area (Å²) >= 11 is 11.0. The van der Waals surface area contributed by atoms with Gasteiger partial charge in [-0.05, 0) is 42.8 Å². The molecule has 2 aromatic carbocycles. The van der Waals surface area contributed by atoms with Crippen LogP contribution in [0.5, 0.6) is 17.2 Å². The number of rotatable bonds is 8. The minimum Gasteiger partial charge on any atom is -0.497 e. The Morgan fingerprint density at radius 2 is 1.33 bits per heavy atom. The first-order chi connectivity index (χ1) is 17.1. The molecule has 0 aromatic heterocycles. The number of aliphatic hydroxyl groups is 1. The Morgan fingerprint density at radius 3 is 1.78 bits per heavy atom. The maximum absolute atomic E-state index is 12.8. The van der Waals surface area contributed by atoms with E-state index in [1.807, 2.05) is 0 Å². The molecular formula is C24H30N4O6S2. The van der Waals surface area contributed by atoms with Crippen molar-refractivity contribution >= 4 is 46.2 Å². The molecule has 0 spiro atoms. The zero-order valence-electron chi connectivity index (χ0n) is 20.9. The molecule has 36 heavy (non-hydrogen) atoms. The molecule has 0 aliphatic rings. The van der Waals surface area contributed by atoms with E-state index in [1.54, 1.807) is 50.5 Å². The predicted molar refractivity (Wildman–Crippen MR) is 143 cm³/mol. The van der Waals surface area contributed by atoms with Crippen molar-refractivity contribution in [1.82, 2.24) is 20.9 Å². The Labute approximate surface area is 221 Å². The van der Waals surface area contributed by atoms with Crippen molar-refractivity contribution in [2.24, 2.45) is 5.92 Å². The molecule has 1 atom stereocenters. The van der Waals surface area contributed by atoms with Crippen molar-refractivity contribution in [2.45, 2.75) is 13.5 Å². The summed E-state index contributed by atoms with van der Waals surface area (Å²) in [5.74, 6) is -0.707. The fourth-order valence-electron chi connectivity index (χ4n) is 3.11. The van der Waals surface area contributed by atoms with E-state index in [2.05, 4.69) is 10.9 Å². The van der Waals surface area contributed by atoms with Gasteiger partial charge in [0.15, 0.2) is 0 Å². The fraction of sp³-hybridized carbons (Fsp3) is 0.333. The van der Waals surface area contributed by atoms with Gasteiger partial charge in [0.25, 0.3) is 11.8 Å². The topological polar surface area (TPSA) is 113 Å². The van der Waals surface area contributed by atoms with Crippen molar-refractivity contribution in [3.63, 3.8) is 0 Å². The molecule has 0 fully saturated rings. The number of hydrogen-bond acceptors (Lipinski definition) is 8. The molecule has 1 unspecified atom stereocenters. The van der Waals surface area contributed by atoms with Gasteiger partial charge in [-0.2, -0.15) is 0 Å². The molecule has 194 valence electrons. The Hall–Kier alpha value is -3.48. The normalized spacial score (nSPS) is 11.1. The summed E-state index contributed by atoms with van der Waals surface area (Å²) in [5, 5.41) is 12.1. The minimum absolute atomic E-state index is 0.177. The third-order valence-electron chi connectivity index (χ3n) is 5.27. The van der Waals surface area contributed by atoms with Crippen molar-refractivity contribution in [3.8, 4) is 17.2 Å². The lowest BCUT2D eigenvalue weighted by atomic mass is 10.1. The highest BCUT2D eigenvalue weighted by molar-refractivity contribution is 7.81. The summed E-state index contributed by atoms with van der Waals surface area (Å²) in [6.07, 6.45) is 0. The van der Waals surface area contributed by atoms with Crippen LogP contribution in [0, 0.1) is 5.92 Å².